The monoisotopic (exact) mass is 454 g/mol. The highest BCUT2D eigenvalue weighted by molar-refractivity contribution is 6.01. The third-order valence-electron chi connectivity index (χ3n) is 5.25. The van der Waals surface area contributed by atoms with Gasteiger partial charge in [0.1, 0.15) is 0 Å². The van der Waals surface area contributed by atoms with E-state index in [1.165, 1.54) is 38.2 Å². The molecular weight excluding hydrogens is 428 g/mol. The van der Waals surface area contributed by atoms with Crippen LogP contribution in [-0.2, 0) is 32.2 Å². The van der Waals surface area contributed by atoms with Crippen molar-refractivity contribution in [2.24, 2.45) is 0 Å². The van der Waals surface area contributed by atoms with E-state index in [1.54, 1.807) is 30.3 Å². The predicted molar refractivity (Wildman–Crippen MR) is 118 cm³/mol. The van der Waals surface area contributed by atoms with E-state index in [1.807, 2.05) is 0 Å². The predicted octanol–water partition coefficient (Wildman–Crippen LogP) is 2.21. The molecule has 1 heterocycles. The van der Waals surface area contributed by atoms with Gasteiger partial charge in [-0.3, -0.25) is 19.3 Å². The second-order valence-electron chi connectivity index (χ2n) is 7.53. The number of amides is 3. The van der Waals surface area contributed by atoms with Crippen molar-refractivity contribution in [3.63, 3.8) is 0 Å². The van der Waals surface area contributed by atoms with E-state index in [4.69, 9.17) is 14.2 Å². The molecule has 1 saturated heterocycles. The summed E-state index contributed by atoms with van der Waals surface area (Å²) >= 11 is 0. The molecule has 1 atom stereocenters. The van der Waals surface area contributed by atoms with Gasteiger partial charge in [-0.15, -0.1) is 0 Å². The number of esters is 1. The quantitative estimate of drug-likeness (QED) is 0.457. The third kappa shape index (κ3) is 5.88. The average molecular weight is 454 g/mol. The van der Waals surface area contributed by atoms with Crippen molar-refractivity contribution < 1.29 is 33.4 Å². The number of ether oxygens (including phenoxy) is 3. The minimum absolute atomic E-state index is 0.169. The summed E-state index contributed by atoms with van der Waals surface area (Å²) in [4.78, 5) is 49.4. The Morgan fingerprint density at radius 2 is 1.55 bits per heavy atom. The van der Waals surface area contributed by atoms with Crippen LogP contribution in [0.15, 0.2) is 42.5 Å². The molecular formula is C24H26N2O7. The highest BCUT2D eigenvalue weighted by Crippen LogP contribution is 2.27. The molecule has 1 fully saturated rings. The largest absolute Gasteiger partial charge is 0.493 e. The van der Waals surface area contributed by atoms with Crippen molar-refractivity contribution in [3.8, 4) is 11.5 Å². The molecule has 1 aliphatic heterocycles. The van der Waals surface area contributed by atoms with E-state index in [2.05, 4.69) is 5.32 Å². The molecule has 0 radical (unpaired) electrons. The Bertz CT molecular complexity index is 1030. The van der Waals surface area contributed by atoms with Crippen LogP contribution in [0, 0.1) is 0 Å². The molecule has 2 aromatic carbocycles. The summed E-state index contributed by atoms with van der Waals surface area (Å²) < 4.78 is 15.7. The Balaban J connectivity index is 1.51. The van der Waals surface area contributed by atoms with Crippen molar-refractivity contribution in [2.45, 2.75) is 39.0 Å². The lowest BCUT2D eigenvalue weighted by molar-refractivity contribution is -0.139. The summed E-state index contributed by atoms with van der Waals surface area (Å²) in [5.74, 6) is -0.359. The van der Waals surface area contributed by atoms with Gasteiger partial charge in [0, 0.05) is 19.4 Å². The number of nitrogens with zero attached hydrogens (tertiary/aromatic N) is 1. The number of benzene rings is 2. The number of imide groups is 1. The van der Waals surface area contributed by atoms with Crippen LogP contribution in [0.1, 0.15) is 41.3 Å². The van der Waals surface area contributed by atoms with Crippen molar-refractivity contribution >= 4 is 23.7 Å². The molecule has 1 N–H and O–H groups in total. The Morgan fingerprint density at radius 3 is 2.15 bits per heavy atom. The first-order valence-corrected chi connectivity index (χ1v) is 10.4. The molecule has 3 rings (SSSR count). The van der Waals surface area contributed by atoms with Gasteiger partial charge >= 0.3 is 5.97 Å². The second-order valence-corrected chi connectivity index (χ2v) is 7.53. The Morgan fingerprint density at radius 1 is 0.939 bits per heavy atom. The average Bonchev–Trinajstić information content (AvgIpc) is 3.14. The van der Waals surface area contributed by atoms with Gasteiger partial charge in [0.15, 0.2) is 17.6 Å². The Hall–Kier alpha value is -3.88. The molecule has 174 valence electrons. The van der Waals surface area contributed by atoms with Crippen molar-refractivity contribution in [2.75, 3.05) is 14.2 Å². The minimum Gasteiger partial charge on any atom is -0.493 e. The molecule has 0 bridgehead atoms. The number of nitrogens with one attached hydrogen (secondary N) is 1. The summed E-state index contributed by atoms with van der Waals surface area (Å²) in [6.07, 6.45) is -0.540. The van der Waals surface area contributed by atoms with Crippen LogP contribution in [0.4, 0.5) is 0 Å². The maximum Gasteiger partial charge on any atom is 0.338 e. The first-order chi connectivity index (χ1) is 15.8. The number of carbonyl (C=O) groups is 4. The van der Waals surface area contributed by atoms with Gasteiger partial charge in [0.2, 0.25) is 11.8 Å². The Labute approximate surface area is 191 Å². The summed E-state index contributed by atoms with van der Waals surface area (Å²) in [6, 6.07) is 11.7. The van der Waals surface area contributed by atoms with Gasteiger partial charge in [-0.2, -0.15) is 0 Å². The smallest absolute Gasteiger partial charge is 0.338 e. The van der Waals surface area contributed by atoms with E-state index in [-0.39, 0.29) is 43.3 Å². The fourth-order valence-electron chi connectivity index (χ4n) is 3.33. The number of methoxy groups -OCH3 is 2. The molecule has 9 nitrogen and oxygen atoms in total. The Kier molecular flexibility index (Phi) is 7.66. The number of hydrogen-bond donors (Lipinski definition) is 1. The van der Waals surface area contributed by atoms with Gasteiger partial charge < -0.3 is 19.5 Å². The highest BCUT2D eigenvalue weighted by atomic mass is 16.5. The number of hydrogen-bond acceptors (Lipinski definition) is 7. The van der Waals surface area contributed by atoms with E-state index in [0.717, 1.165) is 11.1 Å². The van der Waals surface area contributed by atoms with Gasteiger partial charge in [0.05, 0.1) is 26.3 Å². The van der Waals surface area contributed by atoms with Crippen molar-refractivity contribution in [3.05, 3.63) is 59.2 Å². The van der Waals surface area contributed by atoms with Crippen LogP contribution in [0.2, 0.25) is 0 Å². The van der Waals surface area contributed by atoms with E-state index >= 15 is 0 Å². The molecule has 0 aromatic heterocycles. The molecule has 3 amide bonds. The zero-order chi connectivity index (χ0) is 24.0. The SMILES string of the molecule is COc1ccc(CNC(=O)C(C)OC(=O)c2ccc(CN3C(=O)CCC3=O)cc2)cc1OC. The molecule has 9 heteroatoms. The lowest BCUT2D eigenvalue weighted by Gasteiger charge is -2.15. The van der Waals surface area contributed by atoms with E-state index < -0.39 is 18.0 Å². The first-order valence-electron chi connectivity index (χ1n) is 10.4. The van der Waals surface area contributed by atoms with Crippen LogP contribution in [-0.4, -0.2) is 48.9 Å². The summed E-state index contributed by atoms with van der Waals surface area (Å²) in [6.45, 7) is 1.88. The number of rotatable bonds is 9. The van der Waals surface area contributed by atoms with Crippen LogP contribution in [0.5, 0.6) is 11.5 Å². The maximum atomic E-state index is 12.4. The van der Waals surface area contributed by atoms with Crippen LogP contribution in [0.3, 0.4) is 0 Å². The first kappa shape index (κ1) is 23.8. The van der Waals surface area contributed by atoms with Crippen LogP contribution >= 0.6 is 0 Å². The molecule has 1 unspecified atom stereocenters. The van der Waals surface area contributed by atoms with Gasteiger partial charge in [0.25, 0.3) is 5.91 Å². The number of likely N-dealkylation sites (tertiary alicyclic amines) is 1. The third-order valence-corrected chi connectivity index (χ3v) is 5.25. The summed E-state index contributed by atoms with van der Waals surface area (Å²) in [5.41, 5.74) is 1.78. The van der Waals surface area contributed by atoms with Gasteiger partial charge in [-0.05, 0) is 42.3 Å². The highest BCUT2D eigenvalue weighted by Gasteiger charge is 2.28. The molecule has 1 aliphatic rings. The van der Waals surface area contributed by atoms with Gasteiger partial charge in [-0.25, -0.2) is 4.79 Å². The topological polar surface area (TPSA) is 111 Å². The second kappa shape index (κ2) is 10.6. The number of carbonyl (C=O) groups excluding carboxylic acids is 4. The van der Waals surface area contributed by atoms with E-state index in [9.17, 15) is 19.2 Å². The summed E-state index contributed by atoms with van der Waals surface area (Å²) in [5, 5.41) is 2.72. The molecule has 0 saturated carbocycles. The van der Waals surface area contributed by atoms with Crippen molar-refractivity contribution in [1.82, 2.24) is 10.2 Å². The zero-order valence-electron chi connectivity index (χ0n) is 18.8. The molecule has 2 aromatic rings. The fourth-order valence-corrected chi connectivity index (χ4v) is 3.33. The van der Waals surface area contributed by atoms with E-state index in [0.29, 0.717) is 11.5 Å². The molecule has 33 heavy (non-hydrogen) atoms. The fraction of sp³-hybridized carbons (Fsp3) is 0.333. The molecule has 0 aliphatic carbocycles. The standard InChI is InChI=1S/C24H26N2O7/c1-15(23(29)25-13-17-6-9-19(31-2)20(12-17)32-3)33-24(30)18-7-4-16(5-8-18)14-26-21(27)10-11-22(26)28/h4-9,12,15H,10-11,13-14H2,1-3H3,(H,25,29). The van der Waals surface area contributed by atoms with Crippen molar-refractivity contribution in [1.29, 1.82) is 0 Å². The minimum atomic E-state index is -1.00. The summed E-state index contributed by atoms with van der Waals surface area (Å²) in [7, 11) is 3.07. The zero-order valence-corrected chi connectivity index (χ0v) is 18.8. The van der Waals surface area contributed by atoms with Crippen LogP contribution < -0.4 is 14.8 Å². The maximum absolute atomic E-state index is 12.4. The van der Waals surface area contributed by atoms with Gasteiger partial charge in [-0.1, -0.05) is 18.2 Å². The lowest BCUT2D eigenvalue weighted by Crippen LogP contribution is -2.35. The molecule has 0 spiro atoms. The normalized spacial score (nSPS) is 14.1. The van der Waals surface area contributed by atoms with Crippen LogP contribution in [0.25, 0.3) is 0 Å². The lowest BCUT2D eigenvalue weighted by atomic mass is 10.1.